The minimum atomic E-state index is -1.10. The molecule has 1 fully saturated rings. The molecule has 0 radical (unpaired) electrons. The maximum atomic E-state index is 11.6. The van der Waals surface area contributed by atoms with Crippen molar-refractivity contribution in [2.75, 3.05) is 0 Å². The van der Waals surface area contributed by atoms with E-state index in [9.17, 15) is 5.26 Å². The Bertz CT molecular complexity index is 3340. The predicted octanol–water partition coefficient (Wildman–Crippen LogP) is 9.16. The highest BCUT2D eigenvalue weighted by atomic mass is 16.6. The molecule has 6 heterocycles. The van der Waals surface area contributed by atoms with Crippen LogP contribution in [0.4, 0.5) is 0 Å². The van der Waals surface area contributed by atoms with Gasteiger partial charge in [-0.05, 0) is 79.8 Å². The average molecular weight is 824 g/mol. The lowest BCUT2D eigenvalue weighted by Gasteiger charge is -2.25. The summed E-state index contributed by atoms with van der Waals surface area (Å²) >= 11 is 0. The first-order valence-electron chi connectivity index (χ1n) is 21.0. The summed E-state index contributed by atoms with van der Waals surface area (Å²) in [5.74, 6) is 2.43. The number of nitrogens with zero attached hydrogens (tertiary/aromatic N) is 6. The number of benzene rings is 5. The molecule has 4 aromatic heterocycles. The number of aryl methyl sites for hydroxylation is 1. The van der Waals surface area contributed by atoms with E-state index in [1.807, 2.05) is 137 Å². The van der Waals surface area contributed by atoms with Gasteiger partial charge in [0.15, 0.2) is 11.2 Å². The van der Waals surface area contributed by atoms with E-state index in [0.29, 0.717) is 72.4 Å². The molecule has 0 N–H and O–H groups in total. The number of aromatic nitrogens is 4. The largest absolute Gasteiger partial charge is 0.743 e. The number of para-hydroxylation sites is 8. The molecule has 302 valence electrons. The van der Waals surface area contributed by atoms with Crippen molar-refractivity contribution in [3.8, 4) is 40.3 Å². The minimum absolute atomic E-state index is 0.0629. The van der Waals surface area contributed by atoms with Crippen LogP contribution in [0.1, 0.15) is 61.1 Å². The molecular weight excluding hydrogens is 790 g/mol. The Morgan fingerprint density at radius 1 is 0.651 bits per heavy atom. The Morgan fingerprint density at radius 3 is 1.75 bits per heavy atom. The van der Waals surface area contributed by atoms with Gasteiger partial charge in [0.25, 0.3) is 5.70 Å². The summed E-state index contributed by atoms with van der Waals surface area (Å²) < 4.78 is 43.9. The summed E-state index contributed by atoms with van der Waals surface area (Å²) in [6.07, 6.45) is 4.72. The van der Waals surface area contributed by atoms with Crippen molar-refractivity contribution in [2.24, 2.45) is 0 Å². The molecule has 0 atom stereocenters. The van der Waals surface area contributed by atoms with Gasteiger partial charge in [-0.15, -0.1) is 0 Å². The second-order valence-electron chi connectivity index (χ2n) is 16.0. The maximum absolute atomic E-state index is 11.6. The van der Waals surface area contributed by atoms with Crippen LogP contribution in [0.3, 0.4) is 0 Å². The van der Waals surface area contributed by atoms with Gasteiger partial charge in [0.05, 0.1) is 23.0 Å². The molecule has 9 aromatic rings. The summed E-state index contributed by atoms with van der Waals surface area (Å²) in [7, 11) is -2.15. The lowest BCUT2D eigenvalue weighted by atomic mass is 9.84. The van der Waals surface area contributed by atoms with Crippen molar-refractivity contribution < 1.29 is 27.5 Å². The van der Waals surface area contributed by atoms with Crippen LogP contribution in [-0.2, 0) is 0 Å². The van der Waals surface area contributed by atoms with Crippen molar-refractivity contribution in [3.63, 3.8) is 0 Å². The van der Waals surface area contributed by atoms with Crippen molar-refractivity contribution in [2.45, 2.75) is 44.9 Å². The van der Waals surface area contributed by atoms with E-state index < -0.39 is 14.5 Å². The molecule has 3 aliphatic rings. The van der Waals surface area contributed by atoms with Gasteiger partial charge < -0.3 is 36.4 Å². The minimum Gasteiger partial charge on any atom is -0.503 e. The first-order valence-corrected chi connectivity index (χ1v) is 21.0. The fourth-order valence-electron chi connectivity index (χ4n) is 9.56. The smallest absolute Gasteiger partial charge is 0.503 e. The standard InChI is InChI=1S/C49H34B2N6O6/c1-29-16-6-7-19-31(29)45-42-41(47(57(45)51-62-39-26-14-15-27-40(39)63-51)43(53-2)49-55-34-21-9-11-23-36(34)59-49)44(30-17-4-3-5-18-30)56(50-60-37-24-12-13-25-38(37)61-50)46(42)32(28-52)48-54-33-20-8-10-22-35(33)58-48/h6-16,19-27,30H,3-5,17-18H2,1H3/b46-32-,47-43+. The van der Waals surface area contributed by atoms with Crippen LogP contribution in [0.15, 0.2) is 130 Å². The fraction of sp³-hybridized carbons (Fsp3) is 0.143. The van der Waals surface area contributed by atoms with Crippen LogP contribution in [-0.4, -0.2) is 33.4 Å². The predicted molar refractivity (Wildman–Crippen MR) is 238 cm³/mol. The first-order chi connectivity index (χ1) is 31.1. The zero-order chi connectivity index (χ0) is 42.2. The second-order valence-corrected chi connectivity index (χ2v) is 16.0. The molecule has 0 spiro atoms. The molecule has 0 amide bonds. The Kier molecular flexibility index (Phi) is 8.47. The van der Waals surface area contributed by atoms with Crippen LogP contribution in [0.2, 0.25) is 0 Å². The maximum Gasteiger partial charge on any atom is 0.743 e. The Morgan fingerprint density at radius 2 is 1.17 bits per heavy atom. The van der Waals surface area contributed by atoms with E-state index in [0.717, 1.165) is 48.9 Å². The van der Waals surface area contributed by atoms with Gasteiger partial charge in [-0.1, -0.05) is 92.1 Å². The van der Waals surface area contributed by atoms with Gasteiger partial charge in [0, 0.05) is 22.0 Å². The summed E-state index contributed by atoms with van der Waals surface area (Å²) in [5.41, 5.74) is 5.79. The van der Waals surface area contributed by atoms with E-state index in [4.69, 9.17) is 44.0 Å². The van der Waals surface area contributed by atoms with Gasteiger partial charge >= 0.3 is 14.5 Å². The molecule has 63 heavy (non-hydrogen) atoms. The van der Waals surface area contributed by atoms with Gasteiger partial charge in [0.1, 0.15) is 45.7 Å². The quantitative estimate of drug-likeness (QED) is 0.119. The van der Waals surface area contributed by atoms with Gasteiger partial charge in [-0.2, -0.15) is 5.26 Å². The number of rotatable bonds is 6. The lowest BCUT2D eigenvalue weighted by molar-refractivity contribution is 0.422. The number of hydrogen-bond donors (Lipinski definition) is 0. The molecule has 1 aliphatic carbocycles. The van der Waals surface area contributed by atoms with E-state index in [2.05, 4.69) is 10.9 Å². The summed E-state index contributed by atoms with van der Waals surface area (Å²) in [6, 6.07) is 40.6. The second kappa shape index (κ2) is 14.5. The molecule has 2 aliphatic heterocycles. The zero-order valence-electron chi connectivity index (χ0n) is 33.9. The van der Waals surface area contributed by atoms with Gasteiger partial charge in [-0.25, -0.2) is 14.8 Å². The Hall–Kier alpha value is -8.09. The number of hydrogen-bond acceptors (Lipinski definition) is 9. The SMILES string of the molecule is [C-]#[N+]/C(c1nc2ccccc2o1)=c1\c2c(C3CCCCC3)n(B3Oc4ccccc4O3)/c(=C(/C#N)c3nc4ccccc4o3)c2c(-c2ccccc2C)n1B1Oc2ccccc2O1. The van der Waals surface area contributed by atoms with Crippen molar-refractivity contribution >= 4 is 58.7 Å². The average Bonchev–Trinajstić information content (AvgIpc) is 4.18. The third-order valence-electron chi connectivity index (χ3n) is 12.3. The molecule has 0 unspecified atom stereocenters. The van der Waals surface area contributed by atoms with Gasteiger partial charge in [0.2, 0.25) is 11.8 Å². The molecule has 0 saturated heterocycles. The summed E-state index contributed by atoms with van der Waals surface area (Å²) in [4.78, 5) is 14.1. The zero-order valence-corrected chi connectivity index (χ0v) is 33.9. The van der Waals surface area contributed by atoms with Crippen molar-refractivity contribution in [1.29, 1.82) is 5.26 Å². The van der Waals surface area contributed by atoms with E-state index in [-0.39, 0.29) is 29.0 Å². The van der Waals surface area contributed by atoms with Crippen LogP contribution in [0, 0.1) is 24.8 Å². The summed E-state index contributed by atoms with van der Waals surface area (Å²) in [6.45, 7) is 11.1. The van der Waals surface area contributed by atoms with Crippen molar-refractivity contribution in [1.82, 2.24) is 18.9 Å². The fourth-order valence-corrected chi connectivity index (χ4v) is 9.56. The van der Waals surface area contributed by atoms with Crippen LogP contribution in [0.25, 0.3) is 60.3 Å². The Balaban J connectivity index is 1.34. The third-order valence-corrected chi connectivity index (χ3v) is 12.3. The van der Waals surface area contributed by atoms with E-state index >= 15 is 0 Å². The molecule has 1 saturated carbocycles. The highest BCUT2D eigenvalue weighted by molar-refractivity contribution is 6.49. The normalized spacial score (nSPS) is 15.6. The lowest BCUT2D eigenvalue weighted by Crippen LogP contribution is -2.45. The summed E-state index contributed by atoms with van der Waals surface area (Å²) in [5, 5.41) is 13.8. The van der Waals surface area contributed by atoms with E-state index in [1.54, 1.807) is 0 Å². The van der Waals surface area contributed by atoms with Crippen LogP contribution >= 0.6 is 0 Å². The monoisotopic (exact) mass is 824 g/mol. The molecule has 12 nitrogen and oxygen atoms in total. The third kappa shape index (κ3) is 5.75. The van der Waals surface area contributed by atoms with E-state index in [1.165, 1.54) is 0 Å². The number of oxazole rings is 2. The molecule has 0 bridgehead atoms. The Labute approximate surface area is 361 Å². The van der Waals surface area contributed by atoms with Crippen LogP contribution in [0.5, 0.6) is 23.0 Å². The highest BCUT2D eigenvalue weighted by Crippen LogP contribution is 2.43. The molecule has 14 heteroatoms. The van der Waals surface area contributed by atoms with Crippen molar-refractivity contribution in [3.05, 3.63) is 166 Å². The van der Waals surface area contributed by atoms with Crippen LogP contribution < -0.4 is 29.3 Å². The number of fused-ring (bicyclic) bond motifs is 5. The van der Waals surface area contributed by atoms with Gasteiger partial charge in [-0.3, -0.25) is 0 Å². The number of nitriles is 1. The highest BCUT2D eigenvalue weighted by Gasteiger charge is 2.46. The molecular formula is C49H34B2N6O6. The first kappa shape index (κ1) is 36.7. The topological polar surface area (TPSA) is 127 Å². The molecule has 12 rings (SSSR count). The molecule has 5 aromatic carbocycles.